The minimum atomic E-state index is -3.54. The summed E-state index contributed by atoms with van der Waals surface area (Å²) in [6.07, 6.45) is 0.978. The molecule has 0 aromatic heterocycles. The average Bonchev–Trinajstić information content (AvgIpc) is 2.58. The van der Waals surface area contributed by atoms with Gasteiger partial charge in [0.1, 0.15) is 5.69 Å². The molecule has 0 fully saturated rings. The summed E-state index contributed by atoms with van der Waals surface area (Å²) in [6.45, 7) is 0.435. The van der Waals surface area contributed by atoms with Crippen molar-refractivity contribution in [3.63, 3.8) is 0 Å². The molecule has 0 atom stereocenters. The molecule has 1 amide bonds. The summed E-state index contributed by atoms with van der Waals surface area (Å²) in [5.74, 6) is -0.301. The monoisotopic (exact) mass is 397 g/mol. The molecule has 2 N–H and O–H groups in total. The molecule has 0 aliphatic heterocycles. The molecule has 0 aliphatic rings. The number of hydrogen-bond acceptors (Lipinski definition) is 6. The Labute approximate surface area is 155 Å². The molecule has 0 unspecified atom stereocenters. The molecule has 2 aromatic carbocycles. The van der Waals surface area contributed by atoms with Crippen LogP contribution in [0, 0.1) is 10.1 Å². The van der Waals surface area contributed by atoms with Gasteiger partial charge in [0.15, 0.2) is 9.84 Å². The zero-order valence-electron chi connectivity index (χ0n) is 13.7. The second-order valence-electron chi connectivity index (χ2n) is 5.40. The summed E-state index contributed by atoms with van der Waals surface area (Å²) in [5.41, 5.74) is 0.262. The molecule has 2 rings (SSSR count). The molecule has 0 heterocycles. The SMILES string of the molecule is CS(=O)(=O)c1ccc(NCCNC(=O)c2ccc(Cl)cc2)c([N+](=O)[O-])c1. The second-order valence-corrected chi connectivity index (χ2v) is 7.85. The van der Waals surface area contributed by atoms with Crippen LogP contribution in [0.25, 0.3) is 0 Å². The molecular formula is C16H16ClN3O5S. The van der Waals surface area contributed by atoms with Crippen molar-refractivity contribution < 1.29 is 18.1 Å². The Morgan fingerprint density at radius 1 is 1.15 bits per heavy atom. The van der Waals surface area contributed by atoms with Crippen molar-refractivity contribution in [1.82, 2.24) is 5.32 Å². The lowest BCUT2D eigenvalue weighted by atomic mass is 10.2. The fraction of sp³-hybridized carbons (Fsp3) is 0.188. The number of anilines is 1. The van der Waals surface area contributed by atoms with Gasteiger partial charge in [-0.05, 0) is 36.4 Å². The highest BCUT2D eigenvalue weighted by Gasteiger charge is 2.18. The summed E-state index contributed by atoms with van der Waals surface area (Å²) in [4.78, 5) is 22.3. The van der Waals surface area contributed by atoms with E-state index in [9.17, 15) is 23.3 Å². The topological polar surface area (TPSA) is 118 Å². The van der Waals surface area contributed by atoms with Crippen LogP contribution in [0.5, 0.6) is 0 Å². The van der Waals surface area contributed by atoms with E-state index in [2.05, 4.69) is 10.6 Å². The van der Waals surface area contributed by atoms with Gasteiger partial charge in [0.05, 0.1) is 9.82 Å². The van der Waals surface area contributed by atoms with Gasteiger partial charge in [-0.3, -0.25) is 14.9 Å². The van der Waals surface area contributed by atoms with Crippen LogP contribution in [0.4, 0.5) is 11.4 Å². The van der Waals surface area contributed by atoms with E-state index in [-0.39, 0.29) is 35.3 Å². The number of benzene rings is 2. The van der Waals surface area contributed by atoms with E-state index in [1.807, 2.05) is 0 Å². The van der Waals surface area contributed by atoms with Gasteiger partial charge in [-0.2, -0.15) is 0 Å². The van der Waals surface area contributed by atoms with Crippen molar-refractivity contribution >= 4 is 38.7 Å². The van der Waals surface area contributed by atoms with Gasteiger partial charge < -0.3 is 10.6 Å². The number of nitro groups is 1. The maximum absolute atomic E-state index is 11.9. The van der Waals surface area contributed by atoms with Crippen molar-refractivity contribution in [2.75, 3.05) is 24.7 Å². The van der Waals surface area contributed by atoms with E-state index >= 15 is 0 Å². The first-order chi connectivity index (χ1) is 12.2. The molecular weight excluding hydrogens is 382 g/mol. The van der Waals surface area contributed by atoms with E-state index in [0.717, 1.165) is 12.3 Å². The van der Waals surface area contributed by atoms with Gasteiger partial charge in [-0.1, -0.05) is 11.6 Å². The highest BCUT2D eigenvalue weighted by atomic mass is 35.5. The number of amides is 1. The van der Waals surface area contributed by atoms with E-state index in [4.69, 9.17) is 11.6 Å². The molecule has 2 aromatic rings. The molecule has 10 heteroatoms. The molecule has 0 bridgehead atoms. The lowest BCUT2D eigenvalue weighted by Crippen LogP contribution is -2.28. The van der Waals surface area contributed by atoms with Crippen LogP contribution >= 0.6 is 11.6 Å². The van der Waals surface area contributed by atoms with Gasteiger partial charge in [-0.15, -0.1) is 0 Å². The lowest BCUT2D eigenvalue weighted by Gasteiger charge is -2.09. The number of nitrogens with one attached hydrogen (secondary N) is 2. The fourth-order valence-corrected chi connectivity index (χ4v) is 2.89. The van der Waals surface area contributed by atoms with Crippen LogP contribution in [-0.2, 0) is 9.84 Å². The van der Waals surface area contributed by atoms with Crippen LogP contribution in [0.2, 0.25) is 5.02 Å². The third-order valence-corrected chi connectivity index (χ3v) is 4.79. The standard InChI is InChI=1S/C16H16ClN3O5S/c1-26(24,25)13-6-7-14(15(10-13)20(22)23)18-8-9-19-16(21)11-2-4-12(17)5-3-11/h2-7,10,18H,8-9H2,1H3,(H,19,21). The van der Waals surface area contributed by atoms with E-state index in [1.165, 1.54) is 12.1 Å². The first-order valence-electron chi connectivity index (χ1n) is 7.44. The molecule has 26 heavy (non-hydrogen) atoms. The second kappa shape index (κ2) is 8.15. The number of nitro benzene ring substituents is 1. The van der Waals surface area contributed by atoms with Crippen molar-refractivity contribution in [3.05, 3.63) is 63.2 Å². The zero-order chi connectivity index (χ0) is 19.3. The van der Waals surface area contributed by atoms with Crippen molar-refractivity contribution in [2.45, 2.75) is 4.90 Å². The molecule has 0 saturated heterocycles. The predicted molar refractivity (Wildman–Crippen MR) is 98.5 cm³/mol. The molecule has 138 valence electrons. The number of hydrogen-bond donors (Lipinski definition) is 2. The van der Waals surface area contributed by atoms with E-state index in [1.54, 1.807) is 24.3 Å². The van der Waals surface area contributed by atoms with Crippen molar-refractivity contribution in [1.29, 1.82) is 0 Å². The van der Waals surface area contributed by atoms with Gasteiger partial charge in [0.25, 0.3) is 11.6 Å². The molecule has 0 saturated carbocycles. The Balaban J connectivity index is 1.98. The quantitative estimate of drug-likeness (QED) is 0.421. The summed E-state index contributed by atoms with van der Waals surface area (Å²) in [5, 5.41) is 17.1. The number of carbonyl (C=O) groups excluding carboxylic acids is 1. The minimum Gasteiger partial charge on any atom is -0.378 e. The fourth-order valence-electron chi connectivity index (χ4n) is 2.12. The average molecular weight is 398 g/mol. The Morgan fingerprint density at radius 2 is 1.81 bits per heavy atom. The summed E-state index contributed by atoms with van der Waals surface area (Å²) in [7, 11) is -3.54. The van der Waals surface area contributed by atoms with Gasteiger partial charge in [0, 0.05) is 36.0 Å². The molecule has 0 spiro atoms. The normalized spacial score (nSPS) is 11.0. The number of nitrogens with zero attached hydrogens (tertiary/aromatic N) is 1. The van der Waals surface area contributed by atoms with Gasteiger partial charge in [0.2, 0.25) is 0 Å². The van der Waals surface area contributed by atoms with E-state index < -0.39 is 14.8 Å². The van der Waals surface area contributed by atoms with Crippen LogP contribution in [0.3, 0.4) is 0 Å². The third kappa shape index (κ3) is 5.17. The lowest BCUT2D eigenvalue weighted by molar-refractivity contribution is -0.384. The summed E-state index contributed by atoms with van der Waals surface area (Å²) >= 11 is 5.76. The maximum atomic E-state index is 11.9. The summed E-state index contributed by atoms with van der Waals surface area (Å²) in [6, 6.07) is 9.99. The smallest absolute Gasteiger partial charge is 0.293 e. The highest BCUT2D eigenvalue weighted by Crippen LogP contribution is 2.27. The van der Waals surface area contributed by atoms with Crippen molar-refractivity contribution in [3.8, 4) is 0 Å². The number of carbonyl (C=O) groups is 1. The number of rotatable bonds is 7. The van der Waals surface area contributed by atoms with Gasteiger partial charge in [-0.25, -0.2) is 8.42 Å². The maximum Gasteiger partial charge on any atom is 0.293 e. The number of sulfone groups is 1. The van der Waals surface area contributed by atoms with Crippen LogP contribution in [0.15, 0.2) is 47.4 Å². The highest BCUT2D eigenvalue weighted by molar-refractivity contribution is 7.90. The Morgan fingerprint density at radius 3 is 2.38 bits per heavy atom. The first-order valence-corrected chi connectivity index (χ1v) is 9.71. The number of halogens is 1. The molecule has 0 radical (unpaired) electrons. The van der Waals surface area contributed by atoms with E-state index in [0.29, 0.717) is 10.6 Å². The third-order valence-electron chi connectivity index (χ3n) is 3.43. The van der Waals surface area contributed by atoms with Crippen molar-refractivity contribution in [2.24, 2.45) is 0 Å². The van der Waals surface area contributed by atoms with Crippen LogP contribution in [-0.4, -0.2) is 38.6 Å². The first kappa shape index (κ1) is 19.7. The van der Waals surface area contributed by atoms with Gasteiger partial charge >= 0.3 is 0 Å². The predicted octanol–water partition coefficient (Wildman–Crippen LogP) is 2.49. The summed E-state index contributed by atoms with van der Waals surface area (Å²) < 4.78 is 23.0. The molecule has 8 nitrogen and oxygen atoms in total. The van der Waals surface area contributed by atoms with Crippen LogP contribution in [0.1, 0.15) is 10.4 Å². The Hall–Kier alpha value is -2.65. The minimum absolute atomic E-state index is 0.134. The van der Waals surface area contributed by atoms with Crippen LogP contribution < -0.4 is 10.6 Å². The Kier molecular flexibility index (Phi) is 6.17. The largest absolute Gasteiger partial charge is 0.378 e. The molecule has 0 aliphatic carbocycles. The zero-order valence-corrected chi connectivity index (χ0v) is 15.3. The Bertz CT molecular complexity index is 929.